The molecular formula is C13H22N2O. The predicted octanol–water partition coefficient (Wildman–Crippen LogP) is 1.39. The first-order valence-corrected chi connectivity index (χ1v) is 6.25. The Morgan fingerprint density at radius 1 is 1.44 bits per heavy atom. The van der Waals surface area contributed by atoms with E-state index in [-0.39, 0.29) is 11.9 Å². The standard InChI is InChI=1S/C13H22N2O/c1-3-8-12(4-2)14-11-13(16)15-9-6-5-7-10-15/h2,12,14H,3,5-11H2,1H3. The highest BCUT2D eigenvalue weighted by atomic mass is 16.2. The van der Waals surface area contributed by atoms with Crippen LogP contribution in [0.25, 0.3) is 0 Å². The summed E-state index contributed by atoms with van der Waals surface area (Å²) in [6.45, 7) is 4.30. The smallest absolute Gasteiger partial charge is 0.236 e. The van der Waals surface area contributed by atoms with Crippen molar-refractivity contribution in [3.63, 3.8) is 0 Å². The van der Waals surface area contributed by atoms with Gasteiger partial charge in [-0.25, -0.2) is 0 Å². The highest BCUT2D eigenvalue weighted by Crippen LogP contribution is 2.08. The molecule has 0 aliphatic carbocycles. The lowest BCUT2D eigenvalue weighted by atomic mass is 10.1. The van der Waals surface area contributed by atoms with E-state index in [2.05, 4.69) is 18.2 Å². The van der Waals surface area contributed by atoms with Crippen molar-refractivity contribution in [2.45, 2.75) is 45.1 Å². The van der Waals surface area contributed by atoms with Gasteiger partial charge in [0, 0.05) is 13.1 Å². The lowest BCUT2D eigenvalue weighted by Crippen LogP contribution is -2.43. The summed E-state index contributed by atoms with van der Waals surface area (Å²) >= 11 is 0. The number of hydrogen-bond acceptors (Lipinski definition) is 2. The van der Waals surface area contributed by atoms with Gasteiger partial charge in [0.05, 0.1) is 12.6 Å². The van der Waals surface area contributed by atoms with Crippen molar-refractivity contribution in [1.82, 2.24) is 10.2 Å². The second kappa shape index (κ2) is 7.29. The third-order valence-electron chi connectivity index (χ3n) is 2.99. The number of terminal acetylenes is 1. The highest BCUT2D eigenvalue weighted by molar-refractivity contribution is 5.78. The minimum Gasteiger partial charge on any atom is -0.342 e. The molecule has 1 heterocycles. The monoisotopic (exact) mass is 222 g/mol. The molecule has 1 fully saturated rings. The van der Waals surface area contributed by atoms with Crippen molar-refractivity contribution < 1.29 is 4.79 Å². The average molecular weight is 222 g/mol. The minimum atomic E-state index is 0.0405. The molecule has 0 bridgehead atoms. The fraction of sp³-hybridized carbons (Fsp3) is 0.769. The predicted molar refractivity (Wildman–Crippen MR) is 66.0 cm³/mol. The summed E-state index contributed by atoms with van der Waals surface area (Å²) in [6, 6.07) is 0.0405. The van der Waals surface area contributed by atoms with Crippen LogP contribution in [0.4, 0.5) is 0 Å². The number of rotatable bonds is 5. The molecule has 1 saturated heterocycles. The Balaban J connectivity index is 2.25. The molecule has 0 saturated carbocycles. The fourth-order valence-electron chi connectivity index (χ4n) is 2.00. The first kappa shape index (κ1) is 13.1. The number of likely N-dealkylation sites (tertiary alicyclic amines) is 1. The van der Waals surface area contributed by atoms with E-state index in [1.165, 1.54) is 6.42 Å². The summed E-state index contributed by atoms with van der Waals surface area (Å²) < 4.78 is 0. The van der Waals surface area contributed by atoms with E-state index in [0.717, 1.165) is 38.8 Å². The molecule has 0 radical (unpaired) electrons. The number of amides is 1. The third-order valence-corrected chi connectivity index (χ3v) is 2.99. The third kappa shape index (κ3) is 4.24. The van der Waals surface area contributed by atoms with Crippen molar-refractivity contribution in [2.24, 2.45) is 0 Å². The number of hydrogen-bond donors (Lipinski definition) is 1. The molecule has 1 rings (SSSR count). The molecule has 90 valence electrons. The zero-order chi connectivity index (χ0) is 11.8. The van der Waals surface area contributed by atoms with E-state index >= 15 is 0 Å². The molecular weight excluding hydrogens is 200 g/mol. The summed E-state index contributed by atoms with van der Waals surface area (Å²) in [5.41, 5.74) is 0. The Hall–Kier alpha value is -1.01. The maximum Gasteiger partial charge on any atom is 0.236 e. The van der Waals surface area contributed by atoms with Gasteiger partial charge in [-0.15, -0.1) is 6.42 Å². The maximum atomic E-state index is 11.8. The van der Waals surface area contributed by atoms with Crippen molar-refractivity contribution in [2.75, 3.05) is 19.6 Å². The molecule has 1 amide bonds. The van der Waals surface area contributed by atoms with Gasteiger partial charge in [0.15, 0.2) is 0 Å². The van der Waals surface area contributed by atoms with Crippen molar-refractivity contribution in [1.29, 1.82) is 0 Å². The highest BCUT2D eigenvalue weighted by Gasteiger charge is 2.16. The molecule has 1 aliphatic heterocycles. The molecule has 1 unspecified atom stereocenters. The van der Waals surface area contributed by atoms with Gasteiger partial charge in [-0.2, -0.15) is 0 Å². The normalized spacial score (nSPS) is 17.9. The fourth-order valence-corrected chi connectivity index (χ4v) is 2.00. The van der Waals surface area contributed by atoms with E-state index < -0.39 is 0 Å². The lowest BCUT2D eigenvalue weighted by molar-refractivity contribution is -0.131. The number of carbonyl (C=O) groups excluding carboxylic acids is 1. The molecule has 1 N–H and O–H groups in total. The maximum absolute atomic E-state index is 11.8. The van der Waals surface area contributed by atoms with Crippen molar-refractivity contribution in [3.8, 4) is 12.3 Å². The topological polar surface area (TPSA) is 32.3 Å². The Labute approximate surface area is 98.6 Å². The number of carbonyl (C=O) groups is 1. The van der Waals surface area contributed by atoms with Crippen LogP contribution < -0.4 is 5.32 Å². The Bertz CT molecular complexity index is 251. The van der Waals surface area contributed by atoms with Gasteiger partial charge in [0.25, 0.3) is 0 Å². The van der Waals surface area contributed by atoms with Gasteiger partial charge in [-0.05, 0) is 25.7 Å². The van der Waals surface area contributed by atoms with Gasteiger partial charge in [-0.3, -0.25) is 10.1 Å². The van der Waals surface area contributed by atoms with E-state index in [1.807, 2.05) is 4.90 Å². The van der Waals surface area contributed by atoms with Crippen LogP contribution in [0.1, 0.15) is 39.0 Å². The zero-order valence-electron chi connectivity index (χ0n) is 10.2. The van der Waals surface area contributed by atoms with E-state index in [9.17, 15) is 4.79 Å². The number of nitrogens with one attached hydrogen (secondary N) is 1. The van der Waals surface area contributed by atoms with Crippen LogP contribution in [-0.4, -0.2) is 36.5 Å². The molecule has 0 aromatic rings. The van der Waals surface area contributed by atoms with Crippen molar-refractivity contribution in [3.05, 3.63) is 0 Å². The summed E-state index contributed by atoms with van der Waals surface area (Å²) in [5, 5.41) is 3.14. The lowest BCUT2D eigenvalue weighted by Gasteiger charge is -2.27. The zero-order valence-corrected chi connectivity index (χ0v) is 10.2. The summed E-state index contributed by atoms with van der Waals surface area (Å²) in [6.07, 6.45) is 10.9. The van der Waals surface area contributed by atoms with Crippen LogP contribution in [0.5, 0.6) is 0 Å². The van der Waals surface area contributed by atoms with Crippen LogP contribution >= 0.6 is 0 Å². The van der Waals surface area contributed by atoms with Crippen molar-refractivity contribution >= 4 is 5.91 Å². The Morgan fingerprint density at radius 3 is 2.69 bits per heavy atom. The molecule has 16 heavy (non-hydrogen) atoms. The number of piperidine rings is 1. The van der Waals surface area contributed by atoms with Crippen LogP contribution in [0.3, 0.4) is 0 Å². The summed E-state index contributed by atoms with van der Waals surface area (Å²) in [4.78, 5) is 13.8. The van der Waals surface area contributed by atoms with Gasteiger partial charge < -0.3 is 4.90 Å². The van der Waals surface area contributed by atoms with E-state index in [0.29, 0.717) is 6.54 Å². The second-order valence-electron chi connectivity index (χ2n) is 4.33. The first-order valence-electron chi connectivity index (χ1n) is 6.25. The molecule has 3 heteroatoms. The molecule has 0 aromatic heterocycles. The Kier molecular flexibility index (Phi) is 5.95. The van der Waals surface area contributed by atoms with Gasteiger partial charge in [0.1, 0.15) is 0 Å². The number of nitrogens with zero attached hydrogens (tertiary/aromatic N) is 1. The quantitative estimate of drug-likeness (QED) is 0.713. The van der Waals surface area contributed by atoms with Crippen LogP contribution in [-0.2, 0) is 4.79 Å². The molecule has 0 spiro atoms. The van der Waals surface area contributed by atoms with Gasteiger partial charge >= 0.3 is 0 Å². The average Bonchev–Trinajstić information content (AvgIpc) is 2.35. The largest absolute Gasteiger partial charge is 0.342 e. The van der Waals surface area contributed by atoms with E-state index in [4.69, 9.17) is 6.42 Å². The van der Waals surface area contributed by atoms with Crippen LogP contribution in [0.15, 0.2) is 0 Å². The second-order valence-corrected chi connectivity index (χ2v) is 4.33. The van der Waals surface area contributed by atoms with Gasteiger partial charge in [-0.1, -0.05) is 19.3 Å². The van der Waals surface area contributed by atoms with Crippen LogP contribution in [0.2, 0.25) is 0 Å². The van der Waals surface area contributed by atoms with E-state index in [1.54, 1.807) is 0 Å². The SMILES string of the molecule is C#CC(CCC)NCC(=O)N1CCCCC1. The molecule has 3 nitrogen and oxygen atoms in total. The minimum absolute atomic E-state index is 0.0405. The summed E-state index contributed by atoms with van der Waals surface area (Å²) in [7, 11) is 0. The molecule has 0 aromatic carbocycles. The van der Waals surface area contributed by atoms with Crippen LogP contribution in [0, 0.1) is 12.3 Å². The Morgan fingerprint density at radius 2 is 2.12 bits per heavy atom. The molecule has 1 atom stereocenters. The first-order chi connectivity index (χ1) is 7.77. The van der Waals surface area contributed by atoms with Gasteiger partial charge in [0.2, 0.25) is 5.91 Å². The summed E-state index contributed by atoms with van der Waals surface area (Å²) in [5.74, 6) is 2.87. The molecule has 1 aliphatic rings.